The van der Waals surface area contributed by atoms with Gasteiger partial charge in [-0.2, -0.15) is 0 Å². The summed E-state index contributed by atoms with van der Waals surface area (Å²) < 4.78 is 41.9. The third kappa shape index (κ3) is 4.26. The number of epoxide rings is 1. The molecule has 4 saturated heterocycles. The minimum absolute atomic E-state index is 0.0195. The van der Waals surface area contributed by atoms with Crippen LogP contribution in [0, 0.1) is 17.3 Å². The van der Waals surface area contributed by atoms with Gasteiger partial charge in [-0.1, -0.05) is 13.5 Å². The highest BCUT2D eigenvalue weighted by Gasteiger charge is 2.81. The molecule has 5 rings (SSSR count). The number of rotatable bonds is 4. The number of aliphatic hydroxyl groups excluding tert-OH is 1. The second-order valence-electron chi connectivity index (χ2n) is 12.0. The molecule has 42 heavy (non-hydrogen) atoms. The number of fused-ring (bicyclic) bond motifs is 3. The standard InChI is InChI=1S/C28H35ClO13/c1-10-18(29)22-28(11(2)25(35)41-22)24(40-15(6)33)21-26(7,17(37-12(3)30)8-16(34)27(21)9-36-27)23(39-14(5)32)20(19(10)42-28)38-13(4)31/h11,16-24,34H,1,8-9H2,2-7H3/t11-,16+,17-,18-,19+,20+,21+,22-,23-,24-,26-,27+,28-/m0/s1. The summed E-state index contributed by atoms with van der Waals surface area (Å²) in [5, 5.41) is 10.4. The lowest BCUT2D eigenvalue weighted by molar-refractivity contribution is -0.315. The van der Waals surface area contributed by atoms with Crippen LogP contribution in [0.25, 0.3) is 0 Å². The van der Waals surface area contributed by atoms with Crippen LogP contribution in [0.15, 0.2) is 12.2 Å². The predicted octanol–water partition coefficient (Wildman–Crippen LogP) is 0.746. The summed E-state index contributed by atoms with van der Waals surface area (Å²) in [6.45, 7) is 11.8. The van der Waals surface area contributed by atoms with Gasteiger partial charge in [-0.25, -0.2) is 0 Å². The molecule has 5 fully saturated rings. The highest BCUT2D eigenvalue weighted by Crippen LogP contribution is 2.65. The summed E-state index contributed by atoms with van der Waals surface area (Å²) in [4.78, 5) is 63.8. The van der Waals surface area contributed by atoms with Crippen LogP contribution in [0.4, 0.5) is 0 Å². The van der Waals surface area contributed by atoms with Crippen LogP contribution in [0.3, 0.4) is 0 Å². The summed E-state index contributed by atoms with van der Waals surface area (Å²) in [7, 11) is 0. The van der Waals surface area contributed by atoms with Gasteiger partial charge >= 0.3 is 29.8 Å². The molecule has 2 spiro atoms. The van der Waals surface area contributed by atoms with Gasteiger partial charge in [0.1, 0.15) is 23.9 Å². The fourth-order valence-electron chi connectivity index (χ4n) is 7.77. The maximum Gasteiger partial charge on any atom is 0.312 e. The predicted molar refractivity (Wildman–Crippen MR) is 139 cm³/mol. The number of alkyl halides is 1. The van der Waals surface area contributed by atoms with Crippen LogP contribution >= 0.6 is 11.6 Å². The van der Waals surface area contributed by atoms with Crippen molar-refractivity contribution >= 4 is 41.4 Å². The zero-order chi connectivity index (χ0) is 31.1. The largest absolute Gasteiger partial charge is 0.462 e. The molecule has 0 radical (unpaired) electrons. The normalized spacial score (nSPS) is 47.1. The van der Waals surface area contributed by atoms with E-state index in [1.807, 2.05) is 0 Å². The van der Waals surface area contributed by atoms with Crippen LogP contribution in [-0.2, 0) is 57.1 Å². The third-order valence-electron chi connectivity index (χ3n) is 9.56. The van der Waals surface area contributed by atoms with Crippen LogP contribution in [0.5, 0.6) is 0 Å². The molecular formula is C28H35ClO13. The summed E-state index contributed by atoms with van der Waals surface area (Å²) in [6.07, 6.45) is -9.44. The zero-order valence-electron chi connectivity index (χ0n) is 24.1. The maximum absolute atomic E-state index is 13.2. The summed E-state index contributed by atoms with van der Waals surface area (Å²) >= 11 is 6.91. The zero-order valence-corrected chi connectivity index (χ0v) is 24.9. The molecule has 0 aromatic rings. The molecule has 2 bridgehead atoms. The Kier molecular flexibility index (Phi) is 7.44. The monoisotopic (exact) mass is 614 g/mol. The number of hydrogen-bond donors (Lipinski definition) is 1. The van der Waals surface area contributed by atoms with E-state index < -0.39 is 106 Å². The van der Waals surface area contributed by atoms with Crippen LogP contribution in [0.2, 0.25) is 0 Å². The molecule has 0 unspecified atom stereocenters. The molecule has 13 nitrogen and oxygen atoms in total. The van der Waals surface area contributed by atoms with Gasteiger partial charge in [0.05, 0.1) is 29.4 Å². The first-order valence-corrected chi connectivity index (χ1v) is 14.2. The second-order valence-corrected chi connectivity index (χ2v) is 12.5. The van der Waals surface area contributed by atoms with Crippen LogP contribution < -0.4 is 0 Å². The highest BCUT2D eigenvalue weighted by molar-refractivity contribution is 6.23. The number of ether oxygens (including phenoxy) is 7. The number of esters is 5. The van der Waals surface area contributed by atoms with E-state index in [1.165, 1.54) is 13.8 Å². The van der Waals surface area contributed by atoms with Gasteiger partial charge in [0, 0.05) is 40.0 Å². The summed E-state index contributed by atoms with van der Waals surface area (Å²) in [5.74, 6) is -5.99. The van der Waals surface area contributed by atoms with Crippen molar-refractivity contribution in [1.29, 1.82) is 0 Å². The van der Waals surface area contributed by atoms with E-state index in [1.54, 1.807) is 6.92 Å². The average Bonchev–Trinajstić information content (AvgIpc) is 3.62. The molecule has 1 N–H and O–H groups in total. The average molecular weight is 615 g/mol. The van der Waals surface area contributed by atoms with Crippen LogP contribution in [0.1, 0.15) is 48.0 Å². The Morgan fingerprint density at radius 2 is 1.52 bits per heavy atom. The highest BCUT2D eigenvalue weighted by atomic mass is 35.5. The van der Waals surface area contributed by atoms with E-state index >= 15 is 0 Å². The molecule has 4 aliphatic heterocycles. The van der Waals surface area contributed by atoms with Crippen molar-refractivity contribution in [3.05, 3.63) is 12.2 Å². The van der Waals surface area contributed by atoms with Crippen molar-refractivity contribution in [3.8, 4) is 0 Å². The molecule has 232 valence electrons. The molecule has 5 aliphatic rings. The van der Waals surface area contributed by atoms with Gasteiger partial charge in [0.2, 0.25) is 0 Å². The van der Waals surface area contributed by atoms with Crippen molar-refractivity contribution in [1.82, 2.24) is 0 Å². The van der Waals surface area contributed by atoms with E-state index in [-0.39, 0.29) is 18.6 Å². The van der Waals surface area contributed by atoms with Crippen molar-refractivity contribution in [3.63, 3.8) is 0 Å². The topological polar surface area (TPSA) is 173 Å². The number of carbonyl (C=O) groups excluding carboxylic acids is 5. The van der Waals surface area contributed by atoms with E-state index in [9.17, 15) is 29.1 Å². The quantitative estimate of drug-likeness (QED) is 0.155. The molecule has 4 heterocycles. The Morgan fingerprint density at radius 3 is 2.05 bits per heavy atom. The smallest absolute Gasteiger partial charge is 0.312 e. The SMILES string of the molecule is C=C1[C@H]2O[C@]3([C@@H](C)C(=O)O[C@H]3[C@H]1Cl)[C@@H](OC(C)=O)[C@H]1[C@@]3(CO3)[C@H](O)C[C@H](OC(C)=O)[C@]1(C)[C@@H](OC(C)=O)[C@@H]2OC(C)=O. The van der Waals surface area contributed by atoms with E-state index in [2.05, 4.69) is 6.58 Å². The lowest BCUT2D eigenvalue weighted by Crippen LogP contribution is -2.78. The van der Waals surface area contributed by atoms with Gasteiger partial charge in [0.15, 0.2) is 23.9 Å². The number of aliphatic hydroxyl groups is 1. The van der Waals surface area contributed by atoms with E-state index in [4.69, 9.17) is 44.8 Å². The Hall–Kier alpha value is -2.74. The Morgan fingerprint density at radius 1 is 0.976 bits per heavy atom. The van der Waals surface area contributed by atoms with E-state index in [0.29, 0.717) is 0 Å². The van der Waals surface area contributed by atoms with Gasteiger partial charge < -0.3 is 38.3 Å². The summed E-state index contributed by atoms with van der Waals surface area (Å²) in [6, 6.07) is 0. The summed E-state index contributed by atoms with van der Waals surface area (Å²) in [5.41, 5.74) is -4.67. The third-order valence-corrected chi connectivity index (χ3v) is 10.1. The lowest BCUT2D eigenvalue weighted by Gasteiger charge is -2.63. The minimum Gasteiger partial charge on any atom is -0.462 e. The fraction of sp³-hybridized carbons (Fsp3) is 0.750. The van der Waals surface area contributed by atoms with E-state index in [0.717, 1.165) is 20.8 Å². The molecule has 0 aromatic heterocycles. The van der Waals surface area contributed by atoms with Crippen molar-refractivity contribution in [2.45, 2.75) is 107 Å². The number of halogens is 1. The Bertz CT molecular complexity index is 1230. The Balaban J connectivity index is 1.88. The van der Waals surface area contributed by atoms with Gasteiger partial charge in [-0.3, -0.25) is 24.0 Å². The van der Waals surface area contributed by atoms with Gasteiger partial charge in [0.25, 0.3) is 0 Å². The molecule has 1 aliphatic carbocycles. The lowest BCUT2D eigenvalue weighted by atomic mass is 9.50. The van der Waals surface area contributed by atoms with Gasteiger partial charge in [-0.15, -0.1) is 11.6 Å². The molecule has 13 atom stereocenters. The molecule has 0 amide bonds. The minimum atomic E-state index is -1.82. The maximum atomic E-state index is 13.2. The van der Waals surface area contributed by atoms with Crippen molar-refractivity contribution < 1.29 is 62.2 Å². The molecule has 0 aromatic carbocycles. The first-order valence-electron chi connectivity index (χ1n) is 13.7. The second kappa shape index (κ2) is 10.2. The molecule has 1 saturated carbocycles. The number of carbonyl (C=O) groups is 5. The van der Waals surface area contributed by atoms with Crippen LogP contribution in [-0.4, -0.2) is 101 Å². The molecule has 14 heteroatoms. The molecular weight excluding hydrogens is 580 g/mol. The number of hydrogen-bond acceptors (Lipinski definition) is 13. The first-order chi connectivity index (χ1) is 19.5. The van der Waals surface area contributed by atoms with Crippen molar-refractivity contribution in [2.24, 2.45) is 17.3 Å². The van der Waals surface area contributed by atoms with Crippen molar-refractivity contribution in [2.75, 3.05) is 6.61 Å². The Labute approximate surface area is 247 Å². The first kappa shape index (κ1) is 30.7. The fourth-order valence-corrected chi connectivity index (χ4v) is 8.14. The van der Waals surface area contributed by atoms with Gasteiger partial charge in [-0.05, 0) is 12.5 Å².